The van der Waals surface area contributed by atoms with Gasteiger partial charge in [-0.2, -0.15) is 0 Å². The number of rotatable bonds is 4. The van der Waals surface area contributed by atoms with Gasteiger partial charge in [0.05, 0.1) is 0 Å². The van der Waals surface area contributed by atoms with E-state index in [1.807, 2.05) is 0 Å². The molecule has 0 fully saturated rings. The van der Waals surface area contributed by atoms with Gasteiger partial charge in [-0.15, -0.1) is 0 Å². The van der Waals surface area contributed by atoms with E-state index in [0.717, 1.165) is 24.8 Å². The Hall–Kier alpha value is -1.12. The standard InChI is InChI=1S/C10H14O3/c1-2-3-4-7-5-6-8(11)9(7)10(12)13/h2-6H2,1H3,(H,12,13). The minimum Gasteiger partial charge on any atom is -0.478 e. The molecule has 0 aromatic heterocycles. The van der Waals surface area contributed by atoms with Gasteiger partial charge in [-0.05, 0) is 19.3 Å². The number of carboxylic acids is 1. The summed E-state index contributed by atoms with van der Waals surface area (Å²) in [6, 6.07) is 0. The molecule has 1 aliphatic carbocycles. The molecular formula is C10H14O3. The fourth-order valence-electron chi connectivity index (χ4n) is 1.62. The highest BCUT2D eigenvalue weighted by atomic mass is 16.4. The summed E-state index contributed by atoms with van der Waals surface area (Å²) in [5.74, 6) is -1.24. The summed E-state index contributed by atoms with van der Waals surface area (Å²) < 4.78 is 0. The molecule has 0 amide bonds. The third kappa shape index (κ3) is 2.17. The first kappa shape index (κ1) is 9.96. The average Bonchev–Trinajstić information content (AvgIpc) is 2.43. The Kier molecular flexibility index (Phi) is 3.23. The van der Waals surface area contributed by atoms with Gasteiger partial charge in [-0.1, -0.05) is 18.9 Å². The maximum absolute atomic E-state index is 11.2. The van der Waals surface area contributed by atoms with Gasteiger partial charge in [0.15, 0.2) is 5.78 Å². The fourth-order valence-corrected chi connectivity index (χ4v) is 1.62. The summed E-state index contributed by atoms with van der Waals surface area (Å²) in [5, 5.41) is 8.77. The molecule has 0 bridgehead atoms. The van der Waals surface area contributed by atoms with E-state index >= 15 is 0 Å². The van der Waals surface area contributed by atoms with Crippen LogP contribution in [-0.4, -0.2) is 16.9 Å². The Morgan fingerprint density at radius 3 is 2.69 bits per heavy atom. The van der Waals surface area contributed by atoms with Crippen LogP contribution in [0.3, 0.4) is 0 Å². The van der Waals surface area contributed by atoms with Crippen molar-refractivity contribution in [3.8, 4) is 0 Å². The lowest BCUT2D eigenvalue weighted by molar-refractivity contribution is -0.134. The van der Waals surface area contributed by atoms with Gasteiger partial charge in [0.2, 0.25) is 0 Å². The number of carbonyl (C=O) groups excluding carboxylic acids is 1. The Morgan fingerprint density at radius 2 is 2.15 bits per heavy atom. The Morgan fingerprint density at radius 1 is 1.46 bits per heavy atom. The number of ketones is 1. The van der Waals surface area contributed by atoms with Crippen LogP contribution in [0.2, 0.25) is 0 Å². The maximum Gasteiger partial charge on any atom is 0.339 e. The van der Waals surface area contributed by atoms with Crippen molar-refractivity contribution in [2.75, 3.05) is 0 Å². The summed E-state index contributed by atoms with van der Waals surface area (Å²) in [6.07, 6.45) is 3.81. The highest BCUT2D eigenvalue weighted by molar-refractivity contribution is 6.18. The molecule has 0 radical (unpaired) electrons. The second-order valence-corrected chi connectivity index (χ2v) is 3.31. The normalized spacial score (nSPS) is 16.8. The van der Waals surface area contributed by atoms with E-state index in [-0.39, 0.29) is 11.4 Å². The van der Waals surface area contributed by atoms with Gasteiger partial charge in [-0.25, -0.2) is 4.79 Å². The molecule has 0 heterocycles. The number of hydrogen-bond acceptors (Lipinski definition) is 2. The third-order valence-corrected chi connectivity index (χ3v) is 2.33. The number of carboxylic acid groups (broad SMARTS) is 1. The fraction of sp³-hybridized carbons (Fsp3) is 0.600. The molecule has 0 spiro atoms. The number of aliphatic carboxylic acids is 1. The number of hydrogen-bond donors (Lipinski definition) is 1. The molecule has 0 unspecified atom stereocenters. The van der Waals surface area contributed by atoms with Gasteiger partial charge in [0.25, 0.3) is 0 Å². The van der Waals surface area contributed by atoms with Crippen molar-refractivity contribution in [2.45, 2.75) is 39.0 Å². The van der Waals surface area contributed by atoms with Gasteiger partial charge in [0.1, 0.15) is 5.57 Å². The summed E-state index contributed by atoms with van der Waals surface area (Å²) in [4.78, 5) is 21.9. The van der Waals surface area contributed by atoms with Crippen LogP contribution in [0, 0.1) is 0 Å². The van der Waals surface area contributed by atoms with Crippen molar-refractivity contribution in [3.05, 3.63) is 11.1 Å². The van der Waals surface area contributed by atoms with Crippen LogP contribution in [0.25, 0.3) is 0 Å². The highest BCUT2D eigenvalue weighted by Gasteiger charge is 2.27. The maximum atomic E-state index is 11.2. The Labute approximate surface area is 77.4 Å². The predicted molar refractivity (Wildman–Crippen MR) is 48.4 cm³/mol. The zero-order valence-corrected chi connectivity index (χ0v) is 7.80. The molecule has 1 rings (SSSR count). The largest absolute Gasteiger partial charge is 0.478 e. The van der Waals surface area contributed by atoms with Crippen molar-refractivity contribution in [3.63, 3.8) is 0 Å². The molecule has 72 valence electrons. The third-order valence-electron chi connectivity index (χ3n) is 2.33. The second kappa shape index (κ2) is 4.21. The topological polar surface area (TPSA) is 54.4 Å². The van der Waals surface area contributed by atoms with Crippen LogP contribution in [0.5, 0.6) is 0 Å². The molecule has 0 saturated carbocycles. The van der Waals surface area contributed by atoms with Crippen molar-refractivity contribution >= 4 is 11.8 Å². The highest BCUT2D eigenvalue weighted by Crippen LogP contribution is 2.27. The SMILES string of the molecule is CCCCC1=C(C(=O)O)C(=O)CC1. The quantitative estimate of drug-likeness (QED) is 0.676. The minimum atomic E-state index is -1.05. The average molecular weight is 182 g/mol. The number of unbranched alkanes of at least 4 members (excludes halogenated alkanes) is 1. The molecule has 0 aliphatic heterocycles. The molecule has 0 saturated heterocycles. The van der Waals surface area contributed by atoms with Gasteiger partial charge in [0, 0.05) is 6.42 Å². The van der Waals surface area contributed by atoms with Crippen molar-refractivity contribution in [2.24, 2.45) is 0 Å². The number of allylic oxidation sites excluding steroid dienone is 1. The lowest BCUT2D eigenvalue weighted by Crippen LogP contribution is -2.08. The number of Topliss-reactive ketones (excluding diaryl/α,β-unsaturated/α-hetero) is 1. The summed E-state index contributed by atoms with van der Waals surface area (Å²) in [6.45, 7) is 2.05. The van der Waals surface area contributed by atoms with Crippen molar-refractivity contribution in [1.29, 1.82) is 0 Å². The molecule has 0 aromatic carbocycles. The molecule has 1 aliphatic rings. The summed E-state index contributed by atoms with van der Waals surface area (Å²) in [5.41, 5.74) is 0.910. The first-order valence-corrected chi connectivity index (χ1v) is 4.65. The zero-order chi connectivity index (χ0) is 9.84. The molecule has 0 atom stereocenters. The van der Waals surface area contributed by atoms with E-state index in [1.165, 1.54) is 0 Å². The van der Waals surface area contributed by atoms with E-state index in [2.05, 4.69) is 6.92 Å². The lowest BCUT2D eigenvalue weighted by Gasteiger charge is -2.00. The van der Waals surface area contributed by atoms with E-state index in [1.54, 1.807) is 0 Å². The smallest absolute Gasteiger partial charge is 0.339 e. The Balaban J connectivity index is 2.77. The first-order chi connectivity index (χ1) is 6.16. The van der Waals surface area contributed by atoms with Crippen molar-refractivity contribution in [1.82, 2.24) is 0 Å². The van der Waals surface area contributed by atoms with Gasteiger partial charge < -0.3 is 5.11 Å². The van der Waals surface area contributed by atoms with Crippen molar-refractivity contribution < 1.29 is 14.7 Å². The molecule has 0 aromatic rings. The molecular weight excluding hydrogens is 168 g/mol. The molecule has 1 N–H and O–H groups in total. The minimum absolute atomic E-state index is 0.0634. The molecule has 3 nitrogen and oxygen atoms in total. The molecule has 13 heavy (non-hydrogen) atoms. The predicted octanol–water partition coefficient (Wildman–Crippen LogP) is 1.92. The van der Waals surface area contributed by atoms with E-state index in [4.69, 9.17) is 5.11 Å². The number of carbonyl (C=O) groups is 2. The van der Waals surface area contributed by atoms with E-state index in [9.17, 15) is 9.59 Å². The van der Waals surface area contributed by atoms with Crippen LogP contribution >= 0.6 is 0 Å². The summed E-state index contributed by atoms with van der Waals surface area (Å²) in [7, 11) is 0. The first-order valence-electron chi connectivity index (χ1n) is 4.65. The second-order valence-electron chi connectivity index (χ2n) is 3.31. The van der Waals surface area contributed by atoms with Crippen LogP contribution in [-0.2, 0) is 9.59 Å². The summed E-state index contributed by atoms with van der Waals surface area (Å²) >= 11 is 0. The molecule has 3 heteroatoms. The van der Waals surface area contributed by atoms with E-state index in [0.29, 0.717) is 12.8 Å². The van der Waals surface area contributed by atoms with Crippen LogP contribution in [0.4, 0.5) is 0 Å². The Bertz CT molecular complexity index is 263. The van der Waals surface area contributed by atoms with Crippen LogP contribution in [0.1, 0.15) is 39.0 Å². The van der Waals surface area contributed by atoms with Gasteiger partial charge in [-0.3, -0.25) is 4.79 Å². The van der Waals surface area contributed by atoms with Crippen LogP contribution < -0.4 is 0 Å². The van der Waals surface area contributed by atoms with E-state index < -0.39 is 5.97 Å². The monoisotopic (exact) mass is 182 g/mol. The van der Waals surface area contributed by atoms with Gasteiger partial charge >= 0.3 is 5.97 Å². The van der Waals surface area contributed by atoms with Crippen LogP contribution in [0.15, 0.2) is 11.1 Å². The zero-order valence-electron chi connectivity index (χ0n) is 7.80. The lowest BCUT2D eigenvalue weighted by atomic mass is 10.1.